The largest absolute Gasteiger partial charge is 0.344 e. The summed E-state index contributed by atoms with van der Waals surface area (Å²) in [5.74, 6) is -0.966. The molecule has 1 saturated heterocycles. The van der Waals surface area contributed by atoms with Crippen LogP contribution in [0.25, 0.3) is 0 Å². The van der Waals surface area contributed by atoms with E-state index in [4.69, 9.17) is 0 Å². The predicted octanol–water partition coefficient (Wildman–Crippen LogP) is 3.73. The molecule has 1 aromatic carbocycles. The molecule has 3 aliphatic carbocycles. The highest BCUT2D eigenvalue weighted by molar-refractivity contribution is 9.10. The topological polar surface area (TPSA) is 78.5 Å². The van der Waals surface area contributed by atoms with Crippen LogP contribution >= 0.6 is 15.9 Å². The van der Waals surface area contributed by atoms with Gasteiger partial charge < -0.3 is 15.5 Å². The summed E-state index contributed by atoms with van der Waals surface area (Å²) in [7, 11) is 0. The highest BCUT2D eigenvalue weighted by Gasteiger charge is 2.69. The Morgan fingerprint density at radius 1 is 0.969 bits per heavy atom. The van der Waals surface area contributed by atoms with Crippen LogP contribution in [0.2, 0.25) is 0 Å². The van der Waals surface area contributed by atoms with Crippen molar-refractivity contribution in [2.24, 2.45) is 29.1 Å². The first kappa shape index (κ1) is 21.7. The zero-order chi connectivity index (χ0) is 22.5. The van der Waals surface area contributed by atoms with E-state index in [1.54, 1.807) is 6.92 Å². The van der Waals surface area contributed by atoms with Crippen molar-refractivity contribution in [1.29, 1.82) is 0 Å². The molecule has 6 nitrogen and oxygen atoms in total. The van der Waals surface area contributed by atoms with Crippen molar-refractivity contribution in [2.75, 3.05) is 18.4 Å². The van der Waals surface area contributed by atoms with E-state index in [1.165, 1.54) is 0 Å². The fraction of sp³-hybridized carbons (Fsp3) is 0.560. The van der Waals surface area contributed by atoms with Crippen molar-refractivity contribution in [3.05, 3.63) is 40.9 Å². The molecule has 7 heteroatoms. The van der Waals surface area contributed by atoms with Crippen molar-refractivity contribution in [3.63, 3.8) is 0 Å². The van der Waals surface area contributed by atoms with Gasteiger partial charge in [0.15, 0.2) is 0 Å². The van der Waals surface area contributed by atoms with Crippen molar-refractivity contribution >= 4 is 39.3 Å². The minimum atomic E-state index is -0.575. The van der Waals surface area contributed by atoms with Gasteiger partial charge in [-0.3, -0.25) is 14.4 Å². The average molecular weight is 500 g/mol. The number of amides is 3. The molecule has 2 N–H and O–H groups in total. The Balaban J connectivity index is 1.32. The molecule has 1 aliphatic heterocycles. The molecule has 0 radical (unpaired) electrons. The Bertz CT molecular complexity index is 950. The molecule has 1 heterocycles. The first-order valence-corrected chi connectivity index (χ1v) is 12.5. The van der Waals surface area contributed by atoms with Crippen LogP contribution in [0.3, 0.4) is 0 Å². The number of hydrogen-bond donors (Lipinski definition) is 2. The quantitative estimate of drug-likeness (QED) is 0.605. The summed E-state index contributed by atoms with van der Waals surface area (Å²) < 4.78 is 0.944. The number of nitrogens with one attached hydrogen (secondary N) is 2. The molecule has 1 aromatic rings. The number of nitrogens with zero attached hydrogens (tertiary/aromatic N) is 1. The number of carbonyl (C=O) groups excluding carboxylic acids is 3. The zero-order valence-corrected chi connectivity index (χ0v) is 19.9. The summed E-state index contributed by atoms with van der Waals surface area (Å²) in [6, 6.07) is 6.90. The average Bonchev–Trinajstić information content (AvgIpc) is 3.47. The number of allylic oxidation sites excluding steroid dienone is 2. The van der Waals surface area contributed by atoms with Gasteiger partial charge in [-0.05, 0) is 80.5 Å². The summed E-state index contributed by atoms with van der Waals surface area (Å²) in [5.41, 5.74) is 0.784. The van der Waals surface area contributed by atoms with Crippen LogP contribution < -0.4 is 10.6 Å². The molecule has 2 saturated carbocycles. The lowest BCUT2D eigenvalue weighted by atomic mass is 9.81. The van der Waals surface area contributed by atoms with Gasteiger partial charge in [0.25, 0.3) is 0 Å². The van der Waals surface area contributed by atoms with Gasteiger partial charge in [0.2, 0.25) is 17.7 Å². The Kier molecular flexibility index (Phi) is 5.64. The molecular formula is C25H30BrN3O3. The van der Waals surface area contributed by atoms with E-state index in [-0.39, 0.29) is 35.0 Å². The summed E-state index contributed by atoms with van der Waals surface area (Å²) in [4.78, 5) is 41.5. The van der Waals surface area contributed by atoms with Crippen LogP contribution in [0.4, 0.5) is 5.69 Å². The summed E-state index contributed by atoms with van der Waals surface area (Å²) in [6.07, 6.45) is 9.60. The van der Waals surface area contributed by atoms with Crippen LogP contribution in [-0.2, 0) is 14.4 Å². The van der Waals surface area contributed by atoms with Gasteiger partial charge in [0, 0.05) is 23.2 Å². The van der Waals surface area contributed by atoms with E-state index in [1.807, 2.05) is 29.2 Å². The van der Waals surface area contributed by atoms with Gasteiger partial charge >= 0.3 is 0 Å². The number of piperidine rings is 1. The van der Waals surface area contributed by atoms with E-state index in [9.17, 15) is 14.4 Å². The van der Waals surface area contributed by atoms with Gasteiger partial charge in [-0.1, -0.05) is 28.1 Å². The van der Waals surface area contributed by atoms with Gasteiger partial charge in [0.05, 0.1) is 11.8 Å². The molecule has 0 aromatic heterocycles. The predicted molar refractivity (Wildman–Crippen MR) is 126 cm³/mol. The first-order chi connectivity index (χ1) is 15.4. The molecule has 3 fully saturated rings. The standard InChI is InChI=1S/C25H30BrN3O3/c1-15(24(32)29-13-3-2-4-14-29)27-22(30)20-18-9-10-19(25(18)11-12-25)21(20)23(31)28-17-7-5-16(26)6-8-17/h5-10,15,18-21H,2-4,11-14H2,1H3,(H,27,30)(H,28,31)/t15?,18-,19+,20-,21-/m1/s1. The second-order valence-electron chi connectivity index (χ2n) is 9.83. The second-order valence-corrected chi connectivity index (χ2v) is 10.7. The molecule has 1 unspecified atom stereocenters. The minimum absolute atomic E-state index is 0.0197. The molecule has 4 aliphatic rings. The lowest BCUT2D eigenvalue weighted by Crippen LogP contribution is -2.51. The molecular weight excluding hydrogens is 470 g/mol. The molecule has 2 bridgehead atoms. The number of benzene rings is 1. The van der Waals surface area contributed by atoms with Crippen molar-refractivity contribution in [2.45, 2.75) is 45.1 Å². The summed E-state index contributed by atoms with van der Waals surface area (Å²) >= 11 is 3.41. The van der Waals surface area contributed by atoms with Gasteiger partial charge in [-0.15, -0.1) is 0 Å². The first-order valence-electron chi connectivity index (χ1n) is 11.7. The molecule has 5 rings (SSSR count). The van der Waals surface area contributed by atoms with Crippen molar-refractivity contribution in [1.82, 2.24) is 10.2 Å². The zero-order valence-electron chi connectivity index (χ0n) is 18.4. The molecule has 32 heavy (non-hydrogen) atoms. The molecule has 3 amide bonds. The monoisotopic (exact) mass is 499 g/mol. The Morgan fingerprint density at radius 3 is 2.16 bits per heavy atom. The smallest absolute Gasteiger partial charge is 0.244 e. The minimum Gasteiger partial charge on any atom is -0.344 e. The Labute approximate surface area is 197 Å². The lowest BCUT2D eigenvalue weighted by molar-refractivity contribution is -0.139. The van der Waals surface area contributed by atoms with E-state index >= 15 is 0 Å². The third kappa shape index (κ3) is 3.68. The van der Waals surface area contributed by atoms with Crippen molar-refractivity contribution < 1.29 is 14.4 Å². The van der Waals surface area contributed by atoms with Crippen LogP contribution in [0.5, 0.6) is 0 Å². The third-order valence-corrected chi connectivity index (χ3v) is 8.48. The van der Waals surface area contributed by atoms with Gasteiger partial charge in [-0.2, -0.15) is 0 Å². The maximum Gasteiger partial charge on any atom is 0.244 e. The normalized spacial score (nSPS) is 30.2. The van der Waals surface area contributed by atoms with E-state index in [0.717, 1.165) is 55.4 Å². The highest BCUT2D eigenvalue weighted by atomic mass is 79.9. The molecule has 5 atom stereocenters. The van der Waals surface area contributed by atoms with Crippen LogP contribution in [0.15, 0.2) is 40.9 Å². The van der Waals surface area contributed by atoms with Gasteiger partial charge in [0.1, 0.15) is 6.04 Å². The fourth-order valence-electron chi connectivity index (χ4n) is 6.23. The number of likely N-dealkylation sites (tertiary alicyclic amines) is 1. The van der Waals surface area contributed by atoms with E-state index in [0.29, 0.717) is 0 Å². The van der Waals surface area contributed by atoms with Crippen LogP contribution in [0.1, 0.15) is 39.0 Å². The second kappa shape index (κ2) is 8.32. The SMILES string of the molecule is CC(NC(=O)[C@H]1[C@H](C(=O)Nc2ccc(Br)cc2)[C@@H]2C=C[C@H]1C21CC1)C(=O)N1CCCCC1. The lowest BCUT2D eigenvalue weighted by Gasteiger charge is -2.31. The number of carbonyl (C=O) groups is 3. The number of halogens is 1. The Morgan fingerprint density at radius 2 is 1.56 bits per heavy atom. The number of hydrogen-bond acceptors (Lipinski definition) is 3. The number of anilines is 1. The van der Waals surface area contributed by atoms with E-state index in [2.05, 4.69) is 38.7 Å². The third-order valence-electron chi connectivity index (χ3n) is 7.96. The summed E-state index contributed by atoms with van der Waals surface area (Å²) in [6.45, 7) is 3.29. The van der Waals surface area contributed by atoms with Crippen LogP contribution in [-0.4, -0.2) is 41.8 Å². The van der Waals surface area contributed by atoms with Crippen molar-refractivity contribution in [3.8, 4) is 0 Å². The molecule has 170 valence electrons. The highest BCUT2D eigenvalue weighted by Crippen LogP contribution is 2.72. The van der Waals surface area contributed by atoms with E-state index < -0.39 is 17.9 Å². The molecule has 1 spiro atoms. The number of rotatable bonds is 5. The van der Waals surface area contributed by atoms with Gasteiger partial charge in [-0.25, -0.2) is 0 Å². The maximum atomic E-state index is 13.5. The fourth-order valence-corrected chi connectivity index (χ4v) is 6.49. The maximum absolute atomic E-state index is 13.5. The van der Waals surface area contributed by atoms with Crippen LogP contribution in [0, 0.1) is 29.1 Å². The summed E-state index contributed by atoms with van der Waals surface area (Å²) in [5, 5.41) is 6.00. The Hall–Kier alpha value is -2.15.